The minimum atomic E-state index is -4.15. The molecule has 1 rings (SSSR count). The number of aryl methyl sites for hydroxylation is 1. The number of hydrogen-bond donors (Lipinski definition) is 1. The number of thioether (sulfide) groups is 1. The Morgan fingerprint density at radius 1 is 1.50 bits per heavy atom. The minimum Gasteiger partial charge on any atom is -0.444 e. The molecule has 0 bridgehead atoms. The summed E-state index contributed by atoms with van der Waals surface area (Å²) in [5.74, 6) is 1.28. The van der Waals surface area contributed by atoms with E-state index in [-0.39, 0.29) is 24.1 Å². The number of halogens is 3. The molecule has 0 fully saturated rings. The van der Waals surface area contributed by atoms with Gasteiger partial charge in [-0.1, -0.05) is 6.92 Å². The first-order valence-electron chi connectivity index (χ1n) is 4.86. The van der Waals surface area contributed by atoms with Crippen LogP contribution in [0.15, 0.2) is 10.6 Å². The Morgan fingerprint density at radius 2 is 2.25 bits per heavy atom. The molecule has 1 heterocycles. The van der Waals surface area contributed by atoms with Crippen LogP contribution in [0.2, 0.25) is 0 Å². The zero-order chi connectivity index (χ0) is 12.0. The maximum Gasteiger partial charge on any atom is 0.441 e. The Hall–Kier alpha value is -0.690. The van der Waals surface area contributed by atoms with Gasteiger partial charge in [-0.2, -0.15) is 13.2 Å². The predicted molar refractivity (Wildman–Crippen MR) is 56.1 cm³/mol. The lowest BCUT2D eigenvalue weighted by molar-refractivity contribution is -0.0327. The molecule has 1 aromatic heterocycles. The highest BCUT2D eigenvalue weighted by Gasteiger charge is 2.27. The van der Waals surface area contributed by atoms with Gasteiger partial charge in [-0.15, -0.1) is 0 Å². The van der Waals surface area contributed by atoms with Crippen LogP contribution < -0.4 is 5.32 Å². The topological polar surface area (TPSA) is 38.1 Å². The summed E-state index contributed by atoms with van der Waals surface area (Å²) in [6, 6.07) is 0. The predicted octanol–water partition coefficient (Wildman–Crippen LogP) is 2.58. The van der Waals surface area contributed by atoms with Gasteiger partial charge < -0.3 is 9.73 Å². The van der Waals surface area contributed by atoms with E-state index in [1.54, 1.807) is 6.20 Å². The summed E-state index contributed by atoms with van der Waals surface area (Å²) in [7, 11) is 0. The van der Waals surface area contributed by atoms with E-state index in [4.69, 9.17) is 4.42 Å². The molecule has 3 nitrogen and oxygen atoms in total. The second-order valence-corrected chi connectivity index (χ2v) is 4.20. The molecule has 0 aliphatic carbocycles. The molecular weight excluding hydrogens is 241 g/mol. The fraction of sp³-hybridized carbons (Fsp3) is 0.667. The Bertz CT molecular complexity index is 314. The minimum absolute atomic E-state index is 0.00908. The highest BCUT2D eigenvalue weighted by atomic mass is 32.2. The van der Waals surface area contributed by atoms with Crippen molar-refractivity contribution in [3.8, 4) is 0 Å². The van der Waals surface area contributed by atoms with Crippen molar-refractivity contribution in [2.45, 2.75) is 25.4 Å². The van der Waals surface area contributed by atoms with Crippen LogP contribution in [0.4, 0.5) is 13.2 Å². The highest BCUT2D eigenvalue weighted by Crippen LogP contribution is 2.29. The van der Waals surface area contributed by atoms with Crippen molar-refractivity contribution >= 4 is 11.8 Å². The Balaban J connectivity index is 2.11. The number of nitrogens with zero attached hydrogens (tertiary/aromatic N) is 1. The second kappa shape index (κ2) is 6.15. The SMILES string of the molecule is CCc1cnc(CNCCSC(F)(F)F)o1. The third kappa shape index (κ3) is 5.41. The number of nitrogens with one attached hydrogen (secondary N) is 1. The van der Waals surface area contributed by atoms with Crippen molar-refractivity contribution < 1.29 is 17.6 Å². The van der Waals surface area contributed by atoms with Gasteiger partial charge in [-0.25, -0.2) is 4.98 Å². The van der Waals surface area contributed by atoms with Crippen LogP contribution in [0.5, 0.6) is 0 Å². The van der Waals surface area contributed by atoms with Crippen molar-refractivity contribution in [3.05, 3.63) is 17.8 Å². The lowest BCUT2D eigenvalue weighted by atomic mass is 10.4. The summed E-state index contributed by atoms with van der Waals surface area (Å²) in [5.41, 5.74) is -4.15. The van der Waals surface area contributed by atoms with Crippen molar-refractivity contribution in [3.63, 3.8) is 0 Å². The quantitative estimate of drug-likeness (QED) is 0.792. The summed E-state index contributed by atoms with van der Waals surface area (Å²) >= 11 is -0.0351. The van der Waals surface area contributed by atoms with Gasteiger partial charge in [0.1, 0.15) is 5.76 Å². The molecule has 1 aromatic rings. The number of oxazole rings is 1. The monoisotopic (exact) mass is 254 g/mol. The van der Waals surface area contributed by atoms with Gasteiger partial charge in [0.2, 0.25) is 5.89 Å². The first-order chi connectivity index (χ1) is 7.51. The number of aromatic nitrogens is 1. The van der Waals surface area contributed by atoms with Gasteiger partial charge in [0, 0.05) is 18.7 Å². The molecule has 7 heteroatoms. The van der Waals surface area contributed by atoms with Crippen LogP contribution in [0.25, 0.3) is 0 Å². The van der Waals surface area contributed by atoms with Gasteiger partial charge in [-0.05, 0) is 11.8 Å². The summed E-state index contributed by atoms with van der Waals surface area (Å²) < 4.78 is 40.6. The molecule has 0 radical (unpaired) electrons. The van der Waals surface area contributed by atoms with E-state index in [9.17, 15) is 13.2 Å². The fourth-order valence-electron chi connectivity index (χ4n) is 1.03. The van der Waals surface area contributed by atoms with Gasteiger partial charge in [0.05, 0.1) is 12.7 Å². The van der Waals surface area contributed by atoms with Crippen molar-refractivity contribution in [1.82, 2.24) is 10.3 Å². The van der Waals surface area contributed by atoms with Gasteiger partial charge in [0.25, 0.3) is 0 Å². The van der Waals surface area contributed by atoms with Crippen LogP contribution in [0.1, 0.15) is 18.6 Å². The van der Waals surface area contributed by atoms with Crippen LogP contribution in [-0.2, 0) is 13.0 Å². The third-order valence-electron chi connectivity index (χ3n) is 1.77. The zero-order valence-electron chi connectivity index (χ0n) is 8.80. The molecule has 0 unspecified atom stereocenters. The smallest absolute Gasteiger partial charge is 0.441 e. The number of alkyl halides is 3. The number of rotatable bonds is 6. The first-order valence-corrected chi connectivity index (χ1v) is 5.85. The Kier molecular flexibility index (Phi) is 5.14. The molecule has 0 spiro atoms. The summed E-state index contributed by atoms with van der Waals surface area (Å²) in [4.78, 5) is 3.98. The molecule has 0 atom stereocenters. The van der Waals surface area contributed by atoms with E-state index in [0.717, 1.165) is 12.2 Å². The van der Waals surface area contributed by atoms with E-state index in [2.05, 4.69) is 10.3 Å². The van der Waals surface area contributed by atoms with Crippen molar-refractivity contribution in [2.75, 3.05) is 12.3 Å². The molecule has 0 amide bonds. The van der Waals surface area contributed by atoms with E-state index < -0.39 is 5.51 Å². The lowest BCUT2D eigenvalue weighted by Gasteiger charge is -2.05. The van der Waals surface area contributed by atoms with Crippen LogP contribution in [-0.4, -0.2) is 22.8 Å². The molecule has 0 saturated carbocycles. The van der Waals surface area contributed by atoms with E-state index in [0.29, 0.717) is 12.4 Å². The average Bonchev–Trinajstić information content (AvgIpc) is 2.63. The summed E-state index contributed by atoms with van der Waals surface area (Å²) in [6.45, 7) is 2.57. The normalized spacial score (nSPS) is 12.0. The standard InChI is InChI=1S/C9H13F3N2OS/c1-2-7-5-14-8(15-7)6-13-3-4-16-9(10,11)12/h5,13H,2-4,6H2,1H3. The number of hydrogen-bond acceptors (Lipinski definition) is 4. The largest absolute Gasteiger partial charge is 0.444 e. The van der Waals surface area contributed by atoms with Crippen molar-refractivity contribution in [2.24, 2.45) is 0 Å². The third-order valence-corrected chi connectivity index (χ3v) is 2.51. The highest BCUT2D eigenvalue weighted by molar-refractivity contribution is 8.00. The molecule has 1 N–H and O–H groups in total. The second-order valence-electron chi connectivity index (χ2n) is 3.04. The molecular formula is C9H13F3N2OS. The molecule has 0 aliphatic heterocycles. The van der Waals surface area contributed by atoms with E-state index in [1.165, 1.54) is 0 Å². The molecule has 0 saturated heterocycles. The maximum atomic E-state index is 11.8. The van der Waals surface area contributed by atoms with E-state index in [1.807, 2.05) is 6.92 Å². The van der Waals surface area contributed by atoms with E-state index >= 15 is 0 Å². The van der Waals surface area contributed by atoms with Crippen LogP contribution >= 0.6 is 11.8 Å². The fourth-order valence-corrected chi connectivity index (χ4v) is 1.51. The lowest BCUT2D eigenvalue weighted by Crippen LogP contribution is -2.18. The van der Waals surface area contributed by atoms with Crippen LogP contribution in [0.3, 0.4) is 0 Å². The maximum absolute atomic E-state index is 11.8. The van der Waals surface area contributed by atoms with Crippen molar-refractivity contribution in [1.29, 1.82) is 0 Å². The van der Waals surface area contributed by atoms with Gasteiger partial charge in [-0.3, -0.25) is 0 Å². The molecule has 16 heavy (non-hydrogen) atoms. The Labute approximate surface area is 95.8 Å². The first kappa shape index (κ1) is 13.4. The molecule has 0 aliphatic rings. The van der Waals surface area contributed by atoms with Gasteiger partial charge in [0.15, 0.2) is 0 Å². The van der Waals surface area contributed by atoms with Gasteiger partial charge >= 0.3 is 5.51 Å². The summed E-state index contributed by atoms with van der Waals surface area (Å²) in [5, 5.41) is 2.83. The zero-order valence-corrected chi connectivity index (χ0v) is 9.62. The Morgan fingerprint density at radius 3 is 2.81 bits per heavy atom. The average molecular weight is 254 g/mol. The molecule has 92 valence electrons. The summed E-state index contributed by atoms with van der Waals surface area (Å²) in [6.07, 6.45) is 2.39. The molecule has 0 aromatic carbocycles. The van der Waals surface area contributed by atoms with Crippen LogP contribution in [0, 0.1) is 0 Å².